The lowest BCUT2D eigenvalue weighted by molar-refractivity contribution is -0.140. The third kappa shape index (κ3) is 7.01. The van der Waals surface area contributed by atoms with Crippen LogP contribution in [0.15, 0.2) is 77.7 Å². The molecule has 0 heterocycles. The summed E-state index contributed by atoms with van der Waals surface area (Å²) in [5.41, 5.74) is 0.933. The van der Waals surface area contributed by atoms with E-state index in [0.717, 1.165) is 9.87 Å². The highest BCUT2D eigenvalue weighted by atomic mass is 35.5. The van der Waals surface area contributed by atoms with Crippen molar-refractivity contribution in [2.24, 2.45) is 0 Å². The van der Waals surface area contributed by atoms with Gasteiger partial charge in [0.2, 0.25) is 11.8 Å². The Kier molecular flexibility index (Phi) is 10.2. The van der Waals surface area contributed by atoms with Gasteiger partial charge in [0, 0.05) is 24.7 Å². The van der Waals surface area contributed by atoms with Gasteiger partial charge in [-0.2, -0.15) is 0 Å². The zero-order chi connectivity index (χ0) is 28.6. The number of ether oxygens (including phenoxy) is 2. The van der Waals surface area contributed by atoms with Gasteiger partial charge in [0.15, 0.2) is 11.5 Å². The number of hydrogen-bond acceptors (Lipinski definition) is 6. The van der Waals surface area contributed by atoms with Crippen LogP contribution in [0.25, 0.3) is 0 Å². The molecule has 0 aliphatic heterocycles. The molecule has 11 heteroatoms. The maximum Gasteiger partial charge on any atom is 0.264 e. The minimum absolute atomic E-state index is 0.00942. The Labute approximate surface area is 234 Å². The Bertz CT molecular complexity index is 1380. The highest BCUT2D eigenvalue weighted by Crippen LogP contribution is 2.34. The SMILES string of the molecule is CC[C@@H](C(=O)NC)N(Cc1ccc(Cl)cc1)C(=O)CN(c1ccc(OC)c(OC)c1)S(=O)(=O)c1ccccc1. The standard InChI is InChI=1S/C28H32ClN3O6S/c1-5-24(28(34)30-2)31(18-20-11-13-21(29)14-12-20)27(33)19-32(39(35,36)23-9-7-6-8-10-23)22-15-16-25(37-3)26(17-22)38-4/h6-17,24H,5,18-19H2,1-4H3,(H,30,34)/t24-/m0/s1. The molecule has 2 amide bonds. The highest BCUT2D eigenvalue weighted by molar-refractivity contribution is 7.92. The molecule has 0 fully saturated rings. The topological polar surface area (TPSA) is 105 Å². The van der Waals surface area contributed by atoms with E-state index in [1.54, 1.807) is 55.5 Å². The fraction of sp³-hybridized carbons (Fsp3) is 0.286. The molecule has 0 saturated heterocycles. The fourth-order valence-electron chi connectivity index (χ4n) is 4.10. The average Bonchev–Trinajstić information content (AvgIpc) is 2.96. The highest BCUT2D eigenvalue weighted by Gasteiger charge is 2.33. The first-order valence-corrected chi connectivity index (χ1v) is 14.0. The number of rotatable bonds is 12. The molecule has 0 bridgehead atoms. The zero-order valence-electron chi connectivity index (χ0n) is 22.3. The summed E-state index contributed by atoms with van der Waals surface area (Å²) in [6.07, 6.45) is 0.320. The van der Waals surface area contributed by atoms with Gasteiger partial charge in [-0.25, -0.2) is 8.42 Å². The molecule has 39 heavy (non-hydrogen) atoms. The lowest BCUT2D eigenvalue weighted by Gasteiger charge is -2.33. The fourth-order valence-corrected chi connectivity index (χ4v) is 5.65. The van der Waals surface area contributed by atoms with Gasteiger partial charge >= 0.3 is 0 Å². The summed E-state index contributed by atoms with van der Waals surface area (Å²) in [4.78, 5) is 28.1. The van der Waals surface area contributed by atoms with E-state index in [-0.39, 0.29) is 23.0 Å². The quantitative estimate of drug-likeness (QED) is 0.350. The van der Waals surface area contributed by atoms with Crippen LogP contribution >= 0.6 is 11.6 Å². The van der Waals surface area contributed by atoms with Crippen molar-refractivity contribution < 1.29 is 27.5 Å². The van der Waals surface area contributed by atoms with Crippen molar-refractivity contribution in [1.82, 2.24) is 10.2 Å². The molecular formula is C28H32ClN3O6S. The van der Waals surface area contributed by atoms with E-state index < -0.39 is 28.5 Å². The molecule has 3 aromatic carbocycles. The van der Waals surface area contributed by atoms with Gasteiger partial charge in [0.05, 0.1) is 24.8 Å². The van der Waals surface area contributed by atoms with Crippen molar-refractivity contribution in [1.29, 1.82) is 0 Å². The maximum atomic E-state index is 13.9. The lowest BCUT2D eigenvalue weighted by Crippen LogP contribution is -2.51. The summed E-state index contributed by atoms with van der Waals surface area (Å²) in [5, 5.41) is 3.13. The number of halogens is 1. The molecular weight excluding hydrogens is 542 g/mol. The van der Waals surface area contributed by atoms with Crippen LogP contribution in [-0.4, -0.2) is 59.0 Å². The van der Waals surface area contributed by atoms with Crippen LogP contribution < -0.4 is 19.1 Å². The molecule has 0 aromatic heterocycles. The van der Waals surface area contributed by atoms with Crippen molar-refractivity contribution in [2.75, 3.05) is 32.1 Å². The molecule has 1 atom stereocenters. The molecule has 0 unspecified atom stereocenters. The largest absolute Gasteiger partial charge is 0.493 e. The summed E-state index contributed by atoms with van der Waals surface area (Å²) in [6.45, 7) is 1.30. The number of methoxy groups -OCH3 is 2. The summed E-state index contributed by atoms with van der Waals surface area (Å²) in [7, 11) is 0.206. The minimum atomic E-state index is -4.19. The molecule has 0 aliphatic rings. The van der Waals surface area contributed by atoms with Gasteiger partial charge in [-0.3, -0.25) is 13.9 Å². The summed E-state index contributed by atoms with van der Waals surface area (Å²) < 4.78 is 39.4. The van der Waals surface area contributed by atoms with E-state index in [0.29, 0.717) is 22.9 Å². The predicted octanol–water partition coefficient (Wildman–Crippen LogP) is 4.11. The molecule has 208 valence electrons. The minimum Gasteiger partial charge on any atom is -0.493 e. The Morgan fingerprint density at radius 3 is 2.15 bits per heavy atom. The van der Waals surface area contributed by atoms with Crippen molar-refractivity contribution >= 4 is 39.1 Å². The Morgan fingerprint density at radius 1 is 0.949 bits per heavy atom. The number of carbonyl (C=O) groups excluding carboxylic acids is 2. The Morgan fingerprint density at radius 2 is 1.59 bits per heavy atom. The van der Waals surface area contributed by atoms with E-state index in [9.17, 15) is 18.0 Å². The molecule has 0 saturated carbocycles. The Hall–Kier alpha value is -3.76. The summed E-state index contributed by atoms with van der Waals surface area (Å²) in [5.74, 6) is -0.219. The molecule has 0 spiro atoms. The van der Waals surface area contributed by atoms with Gasteiger partial charge in [0.1, 0.15) is 12.6 Å². The molecule has 1 N–H and O–H groups in total. The van der Waals surface area contributed by atoms with Crippen LogP contribution in [0.5, 0.6) is 11.5 Å². The molecule has 0 radical (unpaired) electrons. The van der Waals surface area contributed by atoms with Gasteiger partial charge in [0.25, 0.3) is 10.0 Å². The van der Waals surface area contributed by atoms with Crippen LogP contribution in [0, 0.1) is 0 Å². The zero-order valence-corrected chi connectivity index (χ0v) is 23.8. The number of benzene rings is 3. The van der Waals surface area contributed by atoms with Crippen molar-refractivity contribution in [3.63, 3.8) is 0 Å². The van der Waals surface area contributed by atoms with Crippen LogP contribution in [0.3, 0.4) is 0 Å². The number of nitrogens with one attached hydrogen (secondary N) is 1. The lowest BCUT2D eigenvalue weighted by atomic mass is 10.1. The van der Waals surface area contributed by atoms with Gasteiger partial charge in [-0.1, -0.05) is 48.9 Å². The van der Waals surface area contributed by atoms with Crippen molar-refractivity contribution in [3.8, 4) is 11.5 Å². The number of sulfonamides is 1. The van der Waals surface area contributed by atoms with Crippen molar-refractivity contribution in [3.05, 3.63) is 83.4 Å². The first kappa shape index (κ1) is 29.8. The summed E-state index contributed by atoms with van der Waals surface area (Å²) >= 11 is 6.03. The second kappa shape index (κ2) is 13.3. The van der Waals surface area contributed by atoms with E-state index in [1.807, 2.05) is 0 Å². The van der Waals surface area contributed by atoms with E-state index >= 15 is 0 Å². The molecule has 9 nitrogen and oxygen atoms in total. The van der Waals surface area contributed by atoms with Crippen LogP contribution in [0.4, 0.5) is 5.69 Å². The van der Waals surface area contributed by atoms with Gasteiger partial charge < -0.3 is 19.7 Å². The first-order valence-electron chi connectivity index (χ1n) is 12.2. The number of anilines is 1. The third-order valence-corrected chi connectivity index (χ3v) is 8.20. The van der Waals surface area contributed by atoms with E-state index in [1.165, 1.54) is 50.4 Å². The van der Waals surface area contributed by atoms with Crippen molar-refractivity contribution in [2.45, 2.75) is 30.8 Å². The number of likely N-dealkylation sites (N-methyl/N-ethyl adjacent to an activating group) is 1. The molecule has 3 rings (SSSR count). The first-order chi connectivity index (χ1) is 18.7. The predicted molar refractivity (Wildman–Crippen MR) is 151 cm³/mol. The molecule has 3 aromatic rings. The Balaban J connectivity index is 2.10. The number of amides is 2. The second-order valence-electron chi connectivity index (χ2n) is 8.55. The molecule has 0 aliphatic carbocycles. The number of carbonyl (C=O) groups is 2. The smallest absolute Gasteiger partial charge is 0.264 e. The van der Waals surface area contributed by atoms with Crippen LogP contribution in [0.2, 0.25) is 5.02 Å². The maximum absolute atomic E-state index is 13.9. The van der Waals surface area contributed by atoms with Crippen LogP contribution in [0.1, 0.15) is 18.9 Å². The normalized spacial score (nSPS) is 11.8. The second-order valence-corrected chi connectivity index (χ2v) is 10.8. The monoisotopic (exact) mass is 573 g/mol. The van der Waals surface area contributed by atoms with E-state index in [2.05, 4.69) is 5.32 Å². The van der Waals surface area contributed by atoms with E-state index in [4.69, 9.17) is 21.1 Å². The number of nitrogens with zero attached hydrogens (tertiary/aromatic N) is 2. The number of hydrogen-bond donors (Lipinski definition) is 1. The average molecular weight is 574 g/mol. The van der Waals surface area contributed by atoms with Crippen LogP contribution in [-0.2, 0) is 26.2 Å². The summed E-state index contributed by atoms with van der Waals surface area (Å²) in [6, 6.07) is 18.5. The van der Waals surface area contributed by atoms with Gasteiger partial charge in [-0.05, 0) is 48.4 Å². The third-order valence-electron chi connectivity index (χ3n) is 6.16. The van der Waals surface area contributed by atoms with Gasteiger partial charge in [-0.15, -0.1) is 0 Å².